The normalized spacial score (nSPS) is 19.6. The van der Waals surface area contributed by atoms with Gasteiger partial charge in [-0.1, -0.05) is 0 Å². The van der Waals surface area contributed by atoms with E-state index in [2.05, 4.69) is 15.3 Å². The van der Waals surface area contributed by atoms with Crippen molar-refractivity contribution in [3.05, 3.63) is 16.8 Å². The highest BCUT2D eigenvalue weighted by atomic mass is 32.1. The molecule has 1 saturated carbocycles. The predicted molar refractivity (Wildman–Crippen MR) is 76.7 cm³/mol. The van der Waals surface area contributed by atoms with Crippen LogP contribution in [0.4, 0.5) is 5.82 Å². The minimum atomic E-state index is -0.239. The molecule has 0 amide bonds. The maximum absolute atomic E-state index is 9.96. The molecular formula is C14H17N3OS. The maximum Gasteiger partial charge on any atom is 0.138 e. The van der Waals surface area contributed by atoms with Crippen LogP contribution in [0.25, 0.3) is 10.2 Å². The van der Waals surface area contributed by atoms with Crippen molar-refractivity contribution in [2.75, 3.05) is 11.9 Å². The Labute approximate surface area is 115 Å². The van der Waals surface area contributed by atoms with Gasteiger partial charge in [0.05, 0.1) is 11.5 Å². The van der Waals surface area contributed by atoms with Crippen molar-refractivity contribution in [3.63, 3.8) is 0 Å². The van der Waals surface area contributed by atoms with Gasteiger partial charge in [-0.25, -0.2) is 9.97 Å². The second-order valence-electron chi connectivity index (χ2n) is 5.55. The first-order valence-corrected chi connectivity index (χ1v) is 7.82. The van der Waals surface area contributed by atoms with Crippen LogP contribution < -0.4 is 5.32 Å². The third-order valence-electron chi connectivity index (χ3n) is 4.15. The van der Waals surface area contributed by atoms with E-state index < -0.39 is 0 Å². The smallest absolute Gasteiger partial charge is 0.138 e. The Kier molecular flexibility index (Phi) is 2.70. The lowest BCUT2D eigenvalue weighted by Crippen LogP contribution is -2.21. The Balaban J connectivity index is 1.65. The number of aliphatic hydroxyl groups excluding tert-OH is 1. The Morgan fingerprint density at radius 3 is 3.11 bits per heavy atom. The van der Waals surface area contributed by atoms with E-state index in [4.69, 9.17) is 0 Å². The fraction of sp³-hybridized carbons (Fsp3) is 0.571. The average molecular weight is 275 g/mol. The molecule has 4 nitrogen and oxygen atoms in total. The first-order valence-electron chi connectivity index (χ1n) is 7.00. The maximum atomic E-state index is 9.96. The fourth-order valence-electron chi connectivity index (χ4n) is 2.91. The Bertz CT molecular complexity index is 620. The second-order valence-corrected chi connectivity index (χ2v) is 6.63. The fourth-order valence-corrected chi connectivity index (χ4v) is 4.14. The lowest BCUT2D eigenvalue weighted by atomic mass is 10.2. The molecule has 100 valence electrons. The van der Waals surface area contributed by atoms with Crippen LogP contribution in [0.5, 0.6) is 0 Å². The first-order chi connectivity index (χ1) is 9.33. The van der Waals surface area contributed by atoms with Gasteiger partial charge in [-0.3, -0.25) is 0 Å². The van der Waals surface area contributed by atoms with E-state index in [9.17, 15) is 5.11 Å². The van der Waals surface area contributed by atoms with Crippen LogP contribution in [0.3, 0.4) is 0 Å². The molecule has 19 heavy (non-hydrogen) atoms. The number of fused-ring (bicyclic) bond motifs is 3. The Hall–Kier alpha value is -1.20. The number of nitrogens with zero attached hydrogens (tertiary/aromatic N) is 2. The lowest BCUT2D eigenvalue weighted by molar-refractivity contribution is 0.164. The summed E-state index contributed by atoms with van der Waals surface area (Å²) >= 11 is 1.80. The summed E-state index contributed by atoms with van der Waals surface area (Å²) in [6.45, 7) is 0.599. The van der Waals surface area contributed by atoms with Crippen LogP contribution in [0, 0.1) is 5.92 Å². The van der Waals surface area contributed by atoms with E-state index in [1.54, 1.807) is 17.7 Å². The molecule has 2 aliphatic rings. The van der Waals surface area contributed by atoms with Gasteiger partial charge in [0.25, 0.3) is 0 Å². The molecule has 5 heteroatoms. The molecular weight excluding hydrogens is 258 g/mol. The first kappa shape index (κ1) is 11.6. The van der Waals surface area contributed by atoms with E-state index in [1.165, 1.54) is 28.7 Å². The summed E-state index contributed by atoms with van der Waals surface area (Å²) in [6.07, 6.45) is 7.28. The summed E-state index contributed by atoms with van der Waals surface area (Å²) in [5.74, 6) is 1.40. The number of rotatable bonds is 4. The van der Waals surface area contributed by atoms with Crippen molar-refractivity contribution in [1.82, 2.24) is 9.97 Å². The van der Waals surface area contributed by atoms with E-state index in [0.717, 1.165) is 29.9 Å². The van der Waals surface area contributed by atoms with Crippen molar-refractivity contribution in [2.24, 2.45) is 5.92 Å². The topological polar surface area (TPSA) is 58.0 Å². The number of aromatic nitrogens is 2. The molecule has 2 aromatic heterocycles. The predicted octanol–water partition coefficient (Wildman–Crippen LogP) is 2.36. The molecule has 0 spiro atoms. The average Bonchev–Trinajstić information content (AvgIpc) is 3.07. The SMILES string of the molecule is OC(CNc1ncnc2sc3c(c12)CCC3)C1CC1. The van der Waals surface area contributed by atoms with E-state index in [0.29, 0.717) is 12.5 Å². The molecule has 4 rings (SSSR count). The van der Waals surface area contributed by atoms with Crippen LogP contribution in [0.15, 0.2) is 6.33 Å². The number of hydrogen-bond acceptors (Lipinski definition) is 5. The highest BCUT2D eigenvalue weighted by Crippen LogP contribution is 2.39. The van der Waals surface area contributed by atoms with Crippen molar-refractivity contribution < 1.29 is 5.11 Å². The summed E-state index contributed by atoms with van der Waals surface area (Å²) in [5.41, 5.74) is 1.43. The molecule has 1 atom stereocenters. The van der Waals surface area contributed by atoms with Crippen LogP contribution in [-0.4, -0.2) is 27.7 Å². The molecule has 0 aliphatic heterocycles. The number of aliphatic hydroxyl groups is 1. The van der Waals surface area contributed by atoms with Crippen LogP contribution in [-0.2, 0) is 12.8 Å². The van der Waals surface area contributed by atoms with Crippen LogP contribution in [0.1, 0.15) is 29.7 Å². The molecule has 0 radical (unpaired) electrons. The van der Waals surface area contributed by atoms with E-state index >= 15 is 0 Å². The zero-order valence-corrected chi connectivity index (χ0v) is 11.5. The third kappa shape index (κ3) is 2.01. The van der Waals surface area contributed by atoms with Gasteiger partial charge < -0.3 is 10.4 Å². The van der Waals surface area contributed by atoms with E-state index in [1.807, 2.05) is 0 Å². The van der Waals surface area contributed by atoms with Crippen LogP contribution in [0.2, 0.25) is 0 Å². The largest absolute Gasteiger partial charge is 0.391 e. The zero-order chi connectivity index (χ0) is 12.8. The molecule has 1 fully saturated rings. The summed E-state index contributed by atoms with van der Waals surface area (Å²) in [5, 5.41) is 14.5. The molecule has 2 heterocycles. The summed E-state index contributed by atoms with van der Waals surface area (Å²) in [4.78, 5) is 11.3. The van der Waals surface area contributed by atoms with Gasteiger partial charge in [0.15, 0.2) is 0 Å². The number of aryl methyl sites for hydroxylation is 2. The molecule has 2 aliphatic carbocycles. The minimum absolute atomic E-state index is 0.239. The van der Waals surface area contributed by atoms with Gasteiger partial charge in [-0.05, 0) is 43.6 Å². The van der Waals surface area contributed by atoms with E-state index in [-0.39, 0.29) is 6.10 Å². The molecule has 2 N–H and O–H groups in total. The quantitative estimate of drug-likeness (QED) is 0.899. The van der Waals surface area contributed by atoms with Crippen molar-refractivity contribution in [2.45, 2.75) is 38.2 Å². The number of anilines is 1. The van der Waals surface area contributed by atoms with Crippen LogP contribution >= 0.6 is 11.3 Å². The summed E-state index contributed by atoms with van der Waals surface area (Å²) in [6, 6.07) is 0. The number of thiophene rings is 1. The van der Waals surface area contributed by atoms with Gasteiger partial charge in [0, 0.05) is 11.4 Å². The Morgan fingerprint density at radius 2 is 2.26 bits per heavy atom. The molecule has 0 aromatic carbocycles. The minimum Gasteiger partial charge on any atom is -0.391 e. The molecule has 2 aromatic rings. The highest BCUT2D eigenvalue weighted by molar-refractivity contribution is 7.19. The van der Waals surface area contributed by atoms with Gasteiger partial charge >= 0.3 is 0 Å². The van der Waals surface area contributed by atoms with Crippen molar-refractivity contribution >= 4 is 27.4 Å². The molecule has 0 bridgehead atoms. The summed E-state index contributed by atoms with van der Waals surface area (Å²) in [7, 11) is 0. The van der Waals surface area contributed by atoms with Gasteiger partial charge in [0.1, 0.15) is 17.0 Å². The second kappa shape index (κ2) is 4.42. The zero-order valence-electron chi connectivity index (χ0n) is 10.7. The Morgan fingerprint density at radius 1 is 1.37 bits per heavy atom. The third-order valence-corrected chi connectivity index (χ3v) is 5.35. The molecule has 0 saturated heterocycles. The monoisotopic (exact) mass is 275 g/mol. The lowest BCUT2D eigenvalue weighted by Gasteiger charge is -2.12. The highest BCUT2D eigenvalue weighted by Gasteiger charge is 2.29. The van der Waals surface area contributed by atoms with Gasteiger partial charge in [0.2, 0.25) is 0 Å². The molecule has 1 unspecified atom stereocenters. The standard InChI is InChI=1S/C14H17N3OS/c18-10(8-4-5-8)6-15-13-12-9-2-1-3-11(9)19-14(12)17-7-16-13/h7-8,10,18H,1-6H2,(H,15,16,17). The van der Waals surface area contributed by atoms with Crippen molar-refractivity contribution in [3.8, 4) is 0 Å². The number of nitrogens with one attached hydrogen (secondary N) is 1. The van der Waals surface area contributed by atoms with Gasteiger partial charge in [-0.15, -0.1) is 11.3 Å². The van der Waals surface area contributed by atoms with Gasteiger partial charge in [-0.2, -0.15) is 0 Å². The number of hydrogen-bond donors (Lipinski definition) is 2. The van der Waals surface area contributed by atoms with Crippen molar-refractivity contribution in [1.29, 1.82) is 0 Å². The summed E-state index contributed by atoms with van der Waals surface area (Å²) < 4.78 is 0.